The van der Waals surface area contributed by atoms with E-state index in [9.17, 15) is 9.59 Å². The van der Waals surface area contributed by atoms with Crippen LogP contribution in [0.15, 0.2) is 0 Å². The lowest BCUT2D eigenvalue weighted by Crippen LogP contribution is -2.55. The normalized spacial score (nSPS) is 42.0. The first kappa shape index (κ1) is 16.7. The molecule has 0 N–H and O–H groups in total. The molecule has 3 aliphatic heterocycles. The SMILES string of the molecule is CC(C)[C@]12OC[C@H](O1)[C@@H]1[C@@H](COC(=O)C(C)(C)C)OC(=O)[C@@]12C. The summed E-state index contributed by atoms with van der Waals surface area (Å²) in [5.74, 6) is -1.71. The Balaban J connectivity index is 1.81. The summed E-state index contributed by atoms with van der Waals surface area (Å²) < 4.78 is 22.9. The Morgan fingerprint density at radius 3 is 2.61 bits per heavy atom. The van der Waals surface area contributed by atoms with Crippen molar-refractivity contribution in [1.29, 1.82) is 0 Å². The molecule has 3 rings (SSSR count). The Kier molecular flexibility index (Phi) is 3.58. The molecule has 0 amide bonds. The van der Waals surface area contributed by atoms with Gasteiger partial charge in [0.1, 0.15) is 18.1 Å². The van der Waals surface area contributed by atoms with Gasteiger partial charge in [-0.1, -0.05) is 13.8 Å². The topological polar surface area (TPSA) is 71.1 Å². The van der Waals surface area contributed by atoms with Gasteiger partial charge in [-0.2, -0.15) is 0 Å². The van der Waals surface area contributed by atoms with Crippen molar-refractivity contribution in [2.24, 2.45) is 22.7 Å². The minimum Gasteiger partial charge on any atom is -0.461 e. The van der Waals surface area contributed by atoms with Crippen LogP contribution in [0.3, 0.4) is 0 Å². The molecule has 6 nitrogen and oxygen atoms in total. The molecular weight excluding hydrogens is 300 g/mol. The Hall–Kier alpha value is -1.14. The summed E-state index contributed by atoms with van der Waals surface area (Å²) in [7, 11) is 0. The van der Waals surface area contributed by atoms with E-state index in [1.165, 1.54) is 0 Å². The fraction of sp³-hybridized carbons (Fsp3) is 0.882. The molecule has 0 saturated carbocycles. The molecule has 0 aromatic carbocycles. The van der Waals surface area contributed by atoms with Gasteiger partial charge in [0.05, 0.1) is 18.1 Å². The molecule has 0 radical (unpaired) electrons. The van der Waals surface area contributed by atoms with Gasteiger partial charge in [-0.25, -0.2) is 0 Å². The number of carbonyl (C=O) groups excluding carboxylic acids is 2. The molecule has 0 aromatic rings. The zero-order chi connectivity index (χ0) is 17.2. The first-order valence-corrected chi connectivity index (χ1v) is 8.24. The summed E-state index contributed by atoms with van der Waals surface area (Å²) >= 11 is 0. The maximum Gasteiger partial charge on any atom is 0.318 e. The zero-order valence-electron chi connectivity index (χ0n) is 14.7. The van der Waals surface area contributed by atoms with Gasteiger partial charge in [0.15, 0.2) is 5.79 Å². The molecule has 5 atom stereocenters. The van der Waals surface area contributed by atoms with Gasteiger partial charge < -0.3 is 18.9 Å². The highest BCUT2D eigenvalue weighted by atomic mass is 16.8. The van der Waals surface area contributed by atoms with Crippen molar-refractivity contribution < 1.29 is 28.5 Å². The van der Waals surface area contributed by atoms with E-state index in [0.29, 0.717) is 6.61 Å². The van der Waals surface area contributed by atoms with Crippen molar-refractivity contribution in [3.05, 3.63) is 0 Å². The fourth-order valence-corrected chi connectivity index (χ4v) is 4.19. The summed E-state index contributed by atoms with van der Waals surface area (Å²) in [4.78, 5) is 24.6. The van der Waals surface area contributed by atoms with Crippen molar-refractivity contribution in [3.63, 3.8) is 0 Å². The maximum absolute atomic E-state index is 12.6. The van der Waals surface area contributed by atoms with Crippen molar-refractivity contribution in [1.82, 2.24) is 0 Å². The summed E-state index contributed by atoms with van der Waals surface area (Å²) in [6.45, 7) is 11.7. The monoisotopic (exact) mass is 326 g/mol. The average Bonchev–Trinajstić information content (AvgIpc) is 3.05. The van der Waals surface area contributed by atoms with E-state index in [-0.39, 0.29) is 36.5 Å². The minimum atomic E-state index is -0.942. The van der Waals surface area contributed by atoms with E-state index < -0.39 is 22.7 Å². The standard InChI is InChI=1S/C17H26O6/c1-9(2)17-16(6)12(11(23-17)8-21-17)10(22-14(16)19)7-20-13(18)15(3,4)5/h9-12H,7-8H2,1-6H3/t10-,11+,12+,16-,17+/m1/s1. The van der Waals surface area contributed by atoms with Gasteiger partial charge in [-0.3, -0.25) is 9.59 Å². The third-order valence-corrected chi connectivity index (χ3v) is 5.41. The Bertz CT molecular complexity index is 536. The van der Waals surface area contributed by atoms with Crippen LogP contribution in [0.1, 0.15) is 41.5 Å². The fourth-order valence-electron chi connectivity index (χ4n) is 4.19. The first-order valence-electron chi connectivity index (χ1n) is 8.24. The number of ether oxygens (including phenoxy) is 4. The second kappa shape index (κ2) is 4.93. The van der Waals surface area contributed by atoms with E-state index in [0.717, 1.165) is 0 Å². The number of hydrogen-bond donors (Lipinski definition) is 0. The highest BCUT2D eigenvalue weighted by Crippen LogP contribution is 2.63. The molecule has 3 saturated heterocycles. The maximum atomic E-state index is 12.6. The number of cyclic esters (lactones) is 1. The predicted molar refractivity (Wildman–Crippen MR) is 80.3 cm³/mol. The smallest absolute Gasteiger partial charge is 0.318 e. The molecule has 130 valence electrons. The second-order valence-corrected chi connectivity index (χ2v) is 8.31. The minimum absolute atomic E-state index is 0.0194. The van der Waals surface area contributed by atoms with E-state index >= 15 is 0 Å². The Labute approximate surface area is 136 Å². The largest absolute Gasteiger partial charge is 0.461 e. The molecule has 0 spiro atoms. The molecule has 6 heteroatoms. The van der Waals surface area contributed by atoms with Crippen LogP contribution in [0.2, 0.25) is 0 Å². The highest BCUT2D eigenvalue weighted by Gasteiger charge is 2.78. The lowest BCUT2D eigenvalue weighted by atomic mass is 9.66. The molecule has 0 aliphatic carbocycles. The van der Waals surface area contributed by atoms with Gasteiger partial charge in [0, 0.05) is 11.8 Å². The lowest BCUT2D eigenvalue weighted by Gasteiger charge is -2.41. The van der Waals surface area contributed by atoms with Crippen molar-refractivity contribution in [3.8, 4) is 0 Å². The van der Waals surface area contributed by atoms with Crippen LogP contribution in [-0.2, 0) is 28.5 Å². The molecule has 0 aromatic heterocycles. The third kappa shape index (κ3) is 2.07. The van der Waals surface area contributed by atoms with E-state index in [1.54, 1.807) is 20.8 Å². The van der Waals surface area contributed by atoms with Crippen LogP contribution < -0.4 is 0 Å². The first-order chi connectivity index (χ1) is 10.5. The van der Waals surface area contributed by atoms with Crippen molar-refractivity contribution in [2.45, 2.75) is 59.5 Å². The van der Waals surface area contributed by atoms with Gasteiger partial charge in [-0.15, -0.1) is 0 Å². The van der Waals surface area contributed by atoms with Crippen LogP contribution in [0.25, 0.3) is 0 Å². The molecular formula is C17H26O6. The summed E-state index contributed by atoms with van der Waals surface area (Å²) in [5.41, 5.74) is -1.44. The third-order valence-electron chi connectivity index (χ3n) is 5.41. The summed E-state index contributed by atoms with van der Waals surface area (Å²) in [6, 6.07) is 0. The number of rotatable bonds is 3. The number of carbonyl (C=O) groups is 2. The Morgan fingerprint density at radius 2 is 2.04 bits per heavy atom. The molecule has 3 fully saturated rings. The quantitative estimate of drug-likeness (QED) is 0.738. The Morgan fingerprint density at radius 1 is 1.39 bits per heavy atom. The number of fused-ring (bicyclic) bond motifs is 5. The van der Waals surface area contributed by atoms with Gasteiger partial charge in [0.2, 0.25) is 0 Å². The van der Waals surface area contributed by atoms with Crippen LogP contribution in [0.5, 0.6) is 0 Å². The lowest BCUT2D eigenvalue weighted by molar-refractivity contribution is -0.236. The highest BCUT2D eigenvalue weighted by molar-refractivity contribution is 5.82. The molecule has 2 bridgehead atoms. The summed E-state index contributed by atoms with van der Waals surface area (Å²) in [6.07, 6.45) is -0.680. The van der Waals surface area contributed by atoms with Gasteiger partial charge >= 0.3 is 11.9 Å². The van der Waals surface area contributed by atoms with Crippen LogP contribution in [0.4, 0.5) is 0 Å². The van der Waals surface area contributed by atoms with Crippen molar-refractivity contribution in [2.75, 3.05) is 13.2 Å². The van der Waals surface area contributed by atoms with Gasteiger partial charge in [-0.05, 0) is 27.7 Å². The molecule has 0 unspecified atom stereocenters. The average molecular weight is 326 g/mol. The van der Waals surface area contributed by atoms with E-state index in [2.05, 4.69) is 0 Å². The number of esters is 2. The zero-order valence-corrected chi connectivity index (χ0v) is 14.7. The van der Waals surface area contributed by atoms with Gasteiger partial charge in [0.25, 0.3) is 0 Å². The van der Waals surface area contributed by atoms with Crippen LogP contribution >= 0.6 is 0 Å². The number of hydrogen-bond acceptors (Lipinski definition) is 6. The second-order valence-electron chi connectivity index (χ2n) is 8.31. The molecule has 23 heavy (non-hydrogen) atoms. The summed E-state index contributed by atoms with van der Waals surface area (Å²) in [5, 5.41) is 0. The predicted octanol–water partition coefficient (Wildman–Crippen LogP) is 1.90. The molecule has 3 aliphatic rings. The van der Waals surface area contributed by atoms with E-state index in [4.69, 9.17) is 18.9 Å². The van der Waals surface area contributed by atoms with E-state index in [1.807, 2.05) is 20.8 Å². The van der Waals surface area contributed by atoms with Crippen molar-refractivity contribution >= 4 is 11.9 Å². The van der Waals surface area contributed by atoms with Crippen LogP contribution in [0, 0.1) is 22.7 Å². The van der Waals surface area contributed by atoms with Crippen LogP contribution in [-0.4, -0.2) is 43.1 Å². The molecule has 3 heterocycles.